The monoisotopic (exact) mass is 443 g/mol. The molecule has 2 unspecified atom stereocenters. The Morgan fingerprint density at radius 3 is 2.60 bits per heavy atom. The summed E-state index contributed by atoms with van der Waals surface area (Å²) < 4.78 is 5.34. The third kappa shape index (κ3) is 4.12. The third-order valence-electron chi connectivity index (χ3n) is 6.12. The number of amides is 1. The van der Waals surface area contributed by atoms with E-state index in [1.54, 1.807) is 18.2 Å². The molecule has 0 aromatic heterocycles. The van der Waals surface area contributed by atoms with Crippen LogP contribution in [0.2, 0.25) is 10.0 Å². The number of hydrogen-bond acceptors (Lipinski definition) is 3. The number of rotatable bonds is 6. The van der Waals surface area contributed by atoms with Crippen molar-refractivity contribution in [2.75, 3.05) is 13.2 Å². The summed E-state index contributed by atoms with van der Waals surface area (Å²) in [4.78, 5) is 24.9. The topological polar surface area (TPSA) is 55.4 Å². The SMILES string of the molecule is C=C1CC2COC(=O)C2(Cc2ccc(C(=O)NCCc3ccc(Cl)c(Cl)c3)cc2)C1. The summed E-state index contributed by atoms with van der Waals surface area (Å²) in [5, 5.41) is 3.95. The number of allylic oxidation sites excluding steroid dienone is 1. The first-order valence-electron chi connectivity index (χ1n) is 10.0. The zero-order valence-corrected chi connectivity index (χ0v) is 18.1. The predicted octanol–water partition coefficient (Wildman–Crippen LogP) is 5.02. The quantitative estimate of drug-likeness (QED) is 0.503. The number of carbonyl (C=O) groups is 2. The Balaban J connectivity index is 1.35. The molecule has 1 N–H and O–H groups in total. The molecular weight excluding hydrogens is 421 g/mol. The van der Waals surface area contributed by atoms with Crippen LogP contribution in [0.5, 0.6) is 0 Å². The number of benzene rings is 2. The molecule has 1 saturated heterocycles. The molecule has 4 nitrogen and oxygen atoms in total. The molecule has 2 aromatic carbocycles. The number of nitrogens with one attached hydrogen (secondary N) is 1. The number of ether oxygens (including phenoxy) is 1. The van der Waals surface area contributed by atoms with Crippen molar-refractivity contribution in [3.63, 3.8) is 0 Å². The lowest BCUT2D eigenvalue weighted by Gasteiger charge is -2.24. The highest BCUT2D eigenvalue weighted by Gasteiger charge is 2.55. The van der Waals surface area contributed by atoms with Crippen molar-refractivity contribution in [2.24, 2.45) is 11.3 Å². The number of fused-ring (bicyclic) bond motifs is 1. The van der Waals surface area contributed by atoms with Crippen LogP contribution < -0.4 is 5.32 Å². The van der Waals surface area contributed by atoms with Gasteiger partial charge in [0.05, 0.1) is 22.1 Å². The highest BCUT2D eigenvalue weighted by molar-refractivity contribution is 6.42. The molecule has 2 atom stereocenters. The molecule has 2 fully saturated rings. The largest absolute Gasteiger partial charge is 0.465 e. The van der Waals surface area contributed by atoms with Gasteiger partial charge in [-0.3, -0.25) is 9.59 Å². The van der Waals surface area contributed by atoms with Crippen LogP contribution in [0.4, 0.5) is 0 Å². The highest BCUT2D eigenvalue weighted by atomic mass is 35.5. The summed E-state index contributed by atoms with van der Waals surface area (Å²) in [5.41, 5.74) is 3.26. The standard InChI is InChI=1S/C24H23Cl2NO3/c1-15-10-19-14-30-23(29)24(19,12-15)13-17-2-5-18(6-3-17)22(28)27-9-8-16-4-7-20(25)21(26)11-16/h2-7,11,19H,1,8-10,12-14H2,(H,27,28). The second kappa shape index (κ2) is 8.44. The van der Waals surface area contributed by atoms with E-state index in [4.69, 9.17) is 27.9 Å². The van der Waals surface area contributed by atoms with Crippen molar-refractivity contribution < 1.29 is 14.3 Å². The summed E-state index contributed by atoms with van der Waals surface area (Å²) in [6.07, 6.45) is 2.82. The zero-order chi connectivity index (χ0) is 21.3. The lowest BCUT2D eigenvalue weighted by molar-refractivity contribution is -0.146. The minimum atomic E-state index is -0.485. The number of esters is 1. The summed E-state index contributed by atoms with van der Waals surface area (Å²) in [6, 6.07) is 12.9. The summed E-state index contributed by atoms with van der Waals surface area (Å²) in [6.45, 7) is 5.06. The molecular formula is C24H23Cl2NO3. The van der Waals surface area contributed by atoms with Gasteiger partial charge in [-0.15, -0.1) is 0 Å². The van der Waals surface area contributed by atoms with E-state index in [-0.39, 0.29) is 17.8 Å². The van der Waals surface area contributed by atoms with Gasteiger partial charge in [0, 0.05) is 18.0 Å². The van der Waals surface area contributed by atoms with Crippen LogP contribution in [-0.2, 0) is 22.4 Å². The molecule has 6 heteroatoms. The molecule has 1 aliphatic carbocycles. The van der Waals surface area contributed by atoms with Gasteiger partial charge in [0.1, 0.15) is 0 Å². The van der Waals surface area contributed by atoms with Gasteiger partial charge in [0.25, 0.3) is 5.91 Å². The summed E-state index contributed by atoms with van der Waals surface area (Å²) >= 11 is 11.9. The molecule has 30 heavy (non-hydrogen) atoms. The fraction of sp³-hybridized carbons (Fsp3) is 0.333. The predicted molar refractivity (Wildman–Crippen MR) is 118 cm³/mol. The minimum Gasteiger partial charge on any atom is -0.465 e. The minimum absolute atomic E-state index is 0.115. The molecule has 0 spiro atoms. The van der Waals surface area contributed by atoms with Gasteiger partial charge < -0.3 is 10.1 Å². The molecule has 2 aliphatic rings. The van der Waals surface area contributed by atoms with Gasteiger partial charge in [-0.25, -0.2) is 0 Å². The van der Waals surface area contributed by atoms with Gasteiger partial charge in [-0.05, 0) is 61.1 Å². The van der Waals surface area contributed by atoms with Gasteiger partial charge >= 0.3 is 5.97 Å². The molecule has 0 radical (unpaired) electrons. The number of carbonyl (C=O) groups excluding carboxylic acids is 2. The first-order valence-corrected chi connectivity index (χ1v) is 10.8. The van der Waals surface area contributed by atoms with E-state index in [1.807, 2.05) is 24.3 Å². The molecule has 4 rings (SSSR count). The highest BCUT2D eigenvalue weighted by Crippen LogP contribution is 2.52. The lowest BCUT2D eigenvalue weighted by Crippen LogP contribution is -2.31. The molecule has 1 heterocycles. The fourth-order valence-corrected chi connectivity index (χ4v) is 4.84. The van der Waals surface area contributed by atoms with E-state index < -0.39 is 5.41 Å². The van der Waals surface area contributed by atoms with Crippen molar-refractivity contribution in [2.45, 2.75) is 25.7 Å². The van der Waals surface area contributed by atoms with Gasteiger partial charge in [0.2, 0.25) is 0 Å². The van der Waals surface area contributed by atoms with Crippen LogP contribution in [0.3, 0.4) is 0 Å². The van der Waals surface area contributed by atoms with Gasteiger partial charge in [-0.1, -0.05) is 53.6 Å². The first kappa shape index (κ1) is 21.0. The fourth-order valence-electron chi connectivity index (χ4n) is 4.52. The van der Waals surface area contributed by atoms with Crippen molar-refractivity contribution in [3.05, 3.63) is 81.4 Å². The lowest BCUT2D eigenvalue weighted by atomic mass is 9.75. The van der Waals surface area contributed by atoms with Crippen molar-refractivity contribution in [1.82, 2.24) is 5.32 Å². The van der Waals surface area contributed by atoms with Gasteiger partial charge in [0.15, 0.2) is 0 Å². The Bertz CT molecular complexity index is 1000. The number of halogens is 2. The van der Waals surface area contributed by atoms with E-state index >= 15 is 0 Å². The molecule has 156 valence electrons. The van der Waals surface area contributed by atoms with E-state index in [2.05, 4.69) is 11.9 Å². The average molecular weight is 444 g/mol. The maximum Gasteiger partial charge on any atom is 0.313 e. The van der Waals surface area contributed by atoms with Gasteiger partial charge in [-0.2, -0.15) is 0 Å². The van der Waals surface area contributed by atoms with E-state index in [0.29, 0.717) is 48.0 Å². The first-order chi connectivity index (χ1) is 14.4. The van der Waals surface area contributed by atoms with E-state index in [0.717, 1.165) is 23.1 Å². The molecule has 0 bridgehead atoms. The Morgan fingerprint density at radius 1 is 1.13 bits per heavy atom. The molecule has 1 aliphatic heterocycles. The molecule has 1 saturated carbocycles. The Hall–Kier alpha value is -2.30. The van der Waals surface area contributed by atoms with Crippen molar-refractivity contribution >= 4 is 35.1 Å². The third-order valence-corrected chi connectivity index (χ3v) is 6.86. The maximum atomic E-state index is 12.4. The zero-order valence-electron chi connectivity index (χ0n) is 16.5. The average Bonchev–Trinajstić information content (AvgIpc) is 3.19. The van der Waals surface area contributed by atoms with E-state index in [9.17, 15) is 9.59 Å². The Morgan fingerprint density at radius 2 is 1.87 bits per heavy atom. The van der Waals surface area contributed by atoms with Crippen LogP contribution in [0.25, 0.3) is 0 Å². The van der Waals surface area contributed by atoms with Crippen LogP contribution >= 0.6 is 23.2 Å². The van der Waals surface area contributed by atoms with E-state index in [1.165, 1.54) is 0 Å². The van der Waals surface area contributed by atoms with Crippen LogP contribution in [-0.4, -0.2) is 25.0 Å². The summed E-state index contributed by atoms with van der Waals surface area (Å²) in [5.74, 6) is -0.0377. The Labute approximate surface area is 186 Å². The maximum absolute atomic E-state index is 12.4. The smallest absolute Gasteiger partial charge is 0.313 e. The second-order valence-electron chi connectivity index (χ2n) is 8.21. The Kier molecular flexibility index (Phi) is 5.90. The number of hydrogen-bond donors (Lipinski definition) is 1. The summed E-state index contributed by atoms with van der Waals surface area (Å²) in [7, 11) is 0. The van der Waals surface area contributed by atoms with Crippen molar-refractivity contribution in [3.8, 4) is 0 Å². The van der Waals surface area contributed by atoms with Crippen molar-refractivity contribution in [1.29, 1.82) is 0 Å². The molecule has 2 aromatic rings. The van der Waals surface area contributed by atoms with Crippen LogP contribution in [0.15, 0.2) is 54.6 Å². The molecule has 1 amide bonds. The number of cyclic esters (lactones) is 1. The second-order valence-corrected chi connectivity index (χ2v) is 9.02. The van der Waals surface area contributed by atoms with Crippen LogP contribution in [0.1, 0.15) is 34.3 Å². The van der Waals surface area contributed by atoms with Crippen LogP contribution in [0, 0.1) is 11.3 Å². The normalized spacial score (nSPS) is 22.7.